The van der Waals surface area contributed by atoms with Crippen LogP contribution in [0.2, 0.25) is 0 Å². The molecule has 0 radical (unpaired) electrons. The molecule has 0 bridgehead atoms. The predicted octanol–water partition coefficient (Wildman–Crippen LogP) is 3.57. The van der Waals surface area contributed by atoms with Crippen LogP contribution in [0.3, 0.4) is 0 Å². The molecule has 4 rings (SSSR count). The number of hydrogen-bond acceptors (Lipinski definition) is 7. The van der Waals surface area contributed by atoms with E-state index in [2.05, 4.69) is 14.9 Å². The van der Waals surface area contributed by atoms with Gasteiger partial charge in [0.25, 0.3) is 5.91 Å². The Labute approximate surface area is 184 Å². The van der Waals surface area contributed by atoms with Crippen molar-refractivity contribution in [1.82, 2.24) is 14.9 Å². The minimum atomic E-state index is -0.935. The molecule has 0 spiro atoms. The number of carbonyl (C=O) groups is 2. The molecule has 1 aromatic heterocycles. The van der Waals surface area contributed by atoms with E-state index in [1.807, 2.05) is 51.1 Å². The highest BCUT2D eigenvalue weighted by Crippen LogP contribution is 2.38. The Bertz CT molecular complexity index is 1080. The minimum Gasteiger partial charge on any atom is -0.454 e. The lowest BCUT2D eigenvalue weighted by atomic mass is 10.0. The second kappa shape index (κ2) is 8.35. The van der Waals surface area contributed by atoms with Crippen LogP contribution >= 0.6 is 11.5 Å². The van der Waals surface area contributed by atoms with Crippen molar-refractivity contribution < 1.29 is 19.1 Å². The van der Waals surface area contributed by atoms with E-state index in [9.17, 15) is 9.59 Å². The summed E-state index contributed by atoms with van der Waals surface area (Å²) in [5.74, 6) is 0.343. The Morgan fingerprint density at radius 3 is 2.52 bits per heavy atom. The normalized spacial score (nSPS) is 13.5. The van der Waals surface area contributed by atoms with Gasteiger partial charge >= 0.3 is 0 Å². The number of ether oxygens (including phenoxy) is 2. The molecule has 0 aliphatic carbocycles. The molecular formula is C22H22N4O4S. The third kappa shape index (κ3) is 4.51. The molecule has 1 N–H and O–H groups in total. The van der Waals surface area contributed by atoms with Crippen LogP contribution in [0.5, 0.6) is 11.5 Å². The van der Waals surface area contributed by atoms with Gasteiger partial charge in [-0.15, -0.1) is 5.10 Å². The van der Waals surface area contributed by atoms with Crippen molar-refractivity contribution in [2.24, 2.45) is 0 Å². The highest BCUT2D eigenvalue weighted by molar-refractivity contribution is 7.03. The van der Waals surface area contributed by atoms with E-state index in [-0.39, 0.29) is 18.4 Å². The smallest absolute Gasteiger partial charge is 0.280 e. The molecule has 0 fully saturated rings. The number of rotatable bonds is 5. The van der Waals surface area contributed by atoms with Gasteiger partial charge in [-0.25, -0.2) is 0 Å². The lowest BCUT2D eigenvalue weighted by Crippen LogP contribution is -2.49. The summed E-state index contributed by atoms with van der Waals surface area (Å²) in [6.45, 7) is 5.79. The molecule has 0 unspecified atom stereocenters. The molecule has 3 aromatic rings. The molecular weight excluding hydrogens is 416 g/mol. The van der Waals surface area contributed by atoms with Crippen molar-refractivity contribution in [3.63, 3.8) is 0 Å². The summed E-state index contributed by atoms with van der Waals surface area (Å²) < 4.78 is 14.7. The first-order valence-corrected chi connectivity index (χ1v) is 10.5. The van der Waals surface area contributed by atoms with Crippen LogP contribution in [-0.2, 0) is 4.79 Å². The van der Waals surface area contributed by atoms with Crippen LogP contribution in [0.1, 0.15) is 42.9 Å². The first-order valence-electron chi connectivity index (χ1n) is 9.71. The zero-order valence-corrected chi connectivity index (χ0v) is 18.2. The average Bonchev–Trinajstić information content (AvgIpc) is 3.42. The molecule has 2 aromatic carbocycles. The first kappa shape index (κ1) is 20.8. The molecule has 2 amide bonds. The molecule has 0 saturated carbocycles. The van der Waals surface area contributed by atoms with Gasteiger partial charge in [-0.05, 0) is 50.0 Å². The predicted molar refractivity (Wildman–Crippen MR) is 116 cm³/mol. The second-order valence-corrected chi connectivity index (χ2v) is 8.67. The zero-order chi connectivity index (χ0) is 22.0. The van der Waals surface area contributed by atoms with Crippen molar-refractivity contribution in [3.8, 4) is 11.5 Å². The molecule has 8 nitrogen and oxygen atoms in total. The molecule has 2 heterocycles. The van der Waals surface area contributed by atoms with E-state index in [4.69, 9.17) is 9.47 Å². The monoisotopic (exact) mass is 438 g/mol. The standard InChI is InChI=1S/C22H22N4O4S/c1-22(2,3)23-20(27)19(14-7-5-4-6-8-14)26(21(28)16-12-31-25-24-16)15-9-10-17-18(11-15)30-13-29-17/h4-12,19H,13H2,1-3H3,(H,23,27)/t19-/m0/s1. The molecule has 1 aliphatic heterocycles. The number of hydrogen-bond donors (Lipinski definition) is 1. The lowest BCUT2D eigenvalue weighted by molar-refractivity contribution is -0.123. The Kier molecular flexibility index (Phi) is 5.60. The summed E-state index contributed by atoms with van der Waals surface area (Å²) in [5, 5.41) is 8.49. The van der Waals surface area contributed by atoms with Crippen molar-refractivity contribution >= 4 is 29.0 Å². The minimum absolute atomic E-state index is 0.107. The Morgan fingerprint density at radius 2 is 1.84 bits per heavy atom. The van der Waals surface area contributed by atoms with E-state index in [1.54, 1.807) is 23.6 Å². The zero-order valence-electron chi connectivity index (χ0n) is 17.4. The number of aromatic nitrogens is 2. The van der Waals surface area contributed by atoms with Crippen LogP contribution < -0.4 is 19.7 Å². The lowest BCUT2D eigenvalue weighted by Gasteiger charge is -2.33. The van der Waals surface area contributed by atoms with Crippen LogP contribution in [0.4, 0.5) is 5.69 Å². The van der Waals surface area contributed by atoms with Gasteiger partial charge in [0.15, 0.2) is 17.2 Å². The summed E-state index contributed by atoms with van der Waals surface area (Å²) in [6, 6.07) is 13.4. The topological polar surface area (TPSA) is 93.7 Å². The molecule has 1 aliphatic rings. The van der Waals surface area contributed by atoms with Crippen molar-refractivity contribution in [2.45, 2.75) is 32.4 Å². The van der Waals surface area contributed by atoms with E-state index < -0.39 is 17.5 Å². The SMILES string of the molecule is CC(C)(C)NC(=O)[C@H](c1ccccc1)N(C(=O)c1csnn1)c1ccc2c(c1)OCO2. The molecule has 0 saturated heterocycles. The summed E-state index contributed by atoms with van der Waals surface area (Å²) in [7, 11) is 0. The van der Waals surface area contributed by atoms with E-state index in [0.29, 0.717) is 22.7 Å². The van der Waals surface area contributed by atoms with E-state index in [1.165, 1.54) is 4.90 Å². The Hall–Kier alpha value is -3.46. The number of carbonyl (C=O) groups excluding carboxylic acids is 2. The molecule has 160 valence electrons. The molecule has 1 atom stereocenters. The first-order chi connectivity index (χ1) is 14.8. The fourth-order valence-corrected chi connectivity index (χ4v) is 3.72. The number of benzene rings is 2. The van der Waals surface area contributed by atoms with E-state index >= 15 is 0 Å². The van der Waals surface area contributed by atoms with Crippen molar-refractivity contribution in [3.05, 3.63) is 65.2 Å². The molecule has 31 heavy (non-hydrogen) atoms. The fourth-order valence-electron chi connectivity index (χ4n) is 3.29. The van der Waals surface area contributed by atoms with E-state index in [0.717, 1.165) is 11.5 Å². The summed E-state index contributed by atoms with van der Waals surface area (Å²) in [6.07, 6.45) is 0. The third-order valence-corrected chi connectivity index (χ3v) is 5.06. The van der Waals surface area contributed by atoms with Crippen LogP contribution in [0.25, 0.3) is 0 Å². The molecule has 9 heteroatoms. The second-order valence-electron chi connectivity index (χ2n) is 8.06. The highest BCUT2D eigenvalue weighted by atomic mass is 32.1. The van der Waals surface area contributed by atoms with Crippen molar-refractivity contribution in [1.29, 1.82) is 0 Å². The van der Waals surface area contributed by atoms with Gasteiger partial charge in [-0.1, -0.05) is 34.8 Å². The average molecular weight is 439 g/mol. The van der Waals surface area contributed by atoms with Gasteiger partial charge in [-0.3, -0.25) is 14.5 Å². The van der Waals surface area contributed by atoms with Crippen LogP contribution in [0, 0.1) is 0 Å². The van der Waals surface area contributed by atoms with Crippen molar-refractivity contribution in [2.75, 3.05) is 11.7 Å². The highest BCUT2D eigenvalue weighted by Gasteiger charge is 2.36. The number of amides is 2. The number of nitrogens with one attached hydrogen (secondary N) is 1. The summed E-state index contributed by atoms with van der Waals surface area (Å²) >= 11 is 1.07. The maximum atomic E-state index is 13.6. The quantitative estimate of drug-likeness (QED) is 0.655. The van der Waals surface area contributed by atoms with Gasteiger partial charge in [0, 0.05) is 22.7 Å². The maximum Gasteiger partial charge on any atom is 0.280 e. The summed E-state index contributed by atoms with van der Waals surface area (Å²) in [4.78, 5) is 28.5. The largest absolute Gasteiger partial charge is 0.454 e. The number of nitrogens with zero attached hydrogens (tertiary/aromatic N) is 3. The van der Waals surface area contributed by atoms with Gasteiger partial charge in [0.2, 0.25) is 12.7 Å². The van der Waals surface area contributed by atoms with Gasteiger partial charge < -0.3 is 14.8 Å². The van der Waals surface area contributed by atoms with Gasteiger partial charge in [0.1, 0.15) is 6.04 Å². The van der Waals surface area contributed by atoms with Crippen LogP contribution in [0.15, 0.2) is 53.9 Å². The van der Waals surface area contributed by atoms with Gasteiger partial charge in [0.05, 0.1) is 0 Å². The summed E-state index contributed by atoms with van der Waals surface area (Å²) in [5.41, 5.74) is 0.821. The Balaban J connectivity index is 1.85. The number of fused-ring (bicyclic) bond motifs is 1. The van der Waals surface area contributed by atoms with Crippen LogP contribution in [-0.4, -0.2) is 33.7 Å². The maximum absolute atomic E-state index is 13.6. The Morgan fingerprint density at radius 1 is 1.10 bits per heavy atom. The van der Waals surface area contributed by atoms with Gasteiger partial charge in [-0.2, -0.15) is 0 Å². The number of anilines is 1. The third-order valence-electron chi connectivity index (χ3n) is 4.55. The fraction of sp³-hybridized carbons (Fsp3) is 0.273.